The van der Waals surface area contributed by atoms with Crippen molar-refractivity contribution in [3.8, 4) is 0 Å². The van der Waals surface area contributed by atoms with Gasteiger partial charge in [0.25, 0.3) is 0 Å². The van der Waals surface area contributed by atoms with E-state index < -0.39 is 0 Å². The van der Waals surface area contributed by atoms with Crippen molar-refractivity contribution in [3.63, 3.8) is 0 Å². The lowest BCUT2D eigenvalue weighted by Crippen LogP contribution is -2.30. The summed E-state index contributed by atoms with van der Waals surface area (Å²) in [5.41, 5.74) is 5.18. The van der Waals surface area contributed by atoms with Gasteiger partial charge in [0.2, 0.25) is 0 Å². The number of hydrazine groups is 1. The maximum absolute atomic E-state index is 3.82. The number of hydrogen-bond donors (Lipinski definition) is 1. The molecule has 0 aromatic rings. The molecule has 2 heteroatoms. The zero-order valence-electron chi connectivity index (χ0n) is 7.23. The molecule has 0 fully saturated rings. The van der Waals surface area contributed by atoms with Crippen LogP contribution in [-0.4, -0.2) is 12.1 Å². The molecule has 0 bridgehead atoms. The predicted molar refractivity (Wildman–Crippen MR) is 45.1 cm³/mol. The molecule has 0 aromatic carbocycles. The summed E-state index contributed by atoms with van der Waals surface area (Å²) in [6.45, 7) is 9.82. The quantitative estimate of drug-likeness (QED) is 0.602. The molecule has 58 valence electrons. The van der Waals surface area contributed by atoms with E-state index in [1.165, 1.54) is 0 Å². The summed E-state index contributed by atoms with van der Waals surface area (Å²) in [4.78, 5) is 0. The Morgan fingerprint density at radius 1 is 1.50 bits per heavy atom. The lowest BCUT2D eigenvalue weighted by atomic mass is 10.4. The third kappa shape index (κ3) is 2.23. The molecule has 0 rings (SSSR count). The number of allylic oxidation sites excluding steroid dienone is 3. The first kappa shape index (κ1) is 9.24. The van der Waals surface area contributed by atoms with Gasteiger partial charge in [-0.3, -0.25) is 5.01 Å². The molecule has 0 spiro atoms. The van der Waals surface area contributed by atoms with Crippen molar-refractivity contribution < 1.29 is 0 Å². The summed E-state index contributed by atoms with van der Waals surface area (Å²) in [5.74, 6) is 0. The minimum atomic E-state index is 0.998. The van der Waals surface area contributed by atoms with Gasteiger partial charge in [-0.25, -0.2) is 5.43 Å². The van der Waals surface area contributed by atoms with Crippen LogP contribution in [0.25, 0.3) is 0 Å². The van der Waals surface area contributed by atoms with E-state index in [1.807, 2.05) is 38.9 Å². The van der Waals surface area contributed by atoms with Crippen molar-refractivity contribution in [2.24, 2.45) is 0 Å². The zero-order chi connectivity index (χ0) is 8.15. The molecule has 2 nitrogen and oxygen atoms in total. The molecule has 0 aliphatic heterocycles. The van der Waals surface area contributed by atoms with Crippen LogP contribution >= 0.6 is 0 Å². The summed E-state index contributed by atoms with van der Waals surface area (Å²) in [5, 5.41) is 1.93. The maximum atomic E-state index is 3.82. The first-order valence-corrected chi connectivity index (χ1v) is 3.39. The molecule has 0 atom stereocenters. The third-order valence-corrected chi connectivity index (χ3v) is 1.38. The molecule has 0 aliphatic rings. The Labute approximate surface area is 63.2 Å². The molecule has 0 amide bonds. The summed E-state index contributed by atoms with van der Waals surface area (Å²) in [7, 11) is 1.88. The van der Waals surface area contributed by atoms with Gasteiger partial charge in [0, 0.05) is 18.4 Å². The second-order valence-electron chi connectivity index (χ2n) is 2.22. The van der Waals surface area contributed by atoms with Crippen LogP contribution in [0.5, 0.6) is 0 Å². The number of nitrogens with one attached hydrogen (secondary N) is 1. The molecule has 0 radical (unpaired) electrons. The Kier molecular flexibility index (Phi) is 3.81. The van der Waals surface area contributed by atoms with Gasteiger partial charge in [-0.15, -0.1) is 0 Å². The Balaban J connectivity index is 4.21. The molecule has 0 aliphatic carbocycles. The number of rotatable bonds is 3. The Hall–Kier alpha value is -0.760. The topological polar surface area (TPSA) is 15.3 Å². The van der Waals surface area contributed by atoms with Crippen molar-refractivity contribution in [2.45, 2.75) is 20.8 Å². The average molecular weight is 140 g/mol. The normalized spacial score (nSPS) is 11.4. The number of hydrogen-bond acceptors (Lipinski definition) is 2. The van der Waals surface area contributed by atoms with E-state index in [2.05, 4.69) is 12.0 Å². The Morgan fingerprint density at radius 3 is 2.10 bits per heavy atom. The smallest absolute Gasteiger partial charge is 0.0274 e. The Morgan fingerprint density at radius 2 is 2.00 bits per heavy atom. The lowest BCUT2D eigenvalue weighted by Gasteiger charge is -2.23. The van der Waals surface area contributed by atoms with Gasteiger partial charge < -0.3 is 0 Å². The van der Waals surface area contributed by atoms with Gasteiger partial charge in [0.15, 0.2) is 0 Å². The van der Waals surface area contributed by atoms with Crippen molar-refractivity contribution in [3.05, 3.63) is 24.0 Å². The van der Waals surface area contributed by atoms with Crippen LogP contribution in [0, 0.1) is 0 Å². The van der Waals surface area contributed by atoms with Crippen molar-refractivity contribution in [2.75, 3.05) is 7.05 Å². The fourth-order valence-corrected chi connectivity index (χ4v) is 0.797. The van der Waals surface area contributed by atoms with Crippen LogP contribution < -0.4 is 5.43 Å². The van der Waals surface area contributed by atoms with Gasteiger partial charge in [-0.05, 0) is 20.8 Å². The molecule has 10 heavy (non-hydrogen) atoms. The van der Waals surface area contributed by atoms with Gasteiger partial charge in [0.1, 0.15) is 0 Å². The molecular formula is C8H16N2. The van der Waals surface area contributed by atoms with Crippen molar-refractivity contribution in [1.29, 1.82) is 0 Å². The molecule has 0 aromatic heterocycles. The number of nitrogens with zero attached hydrogens (tertiary/aromatic N) is 1. The second-order valence-corrected chi connectivity index (χ2v) is 2.22. The highest BCUT2D eigenvalue weighted by Crippen LogP contribution is 2.05. The van der Waals surface area contributed by atoms with Crippen LogP contribution in [0.3, 0.4) is 0 Å². The molecule has 0 saturated carbocycles. The maximum Gasteiger partial charge on any atom is 0.0274 e. The largest absolute Gasteiger partial charge is 0.287 e. The second kappa shape index (κ2) is 4.12. The van der Waals surface area contributed by atoms with Gasteiger partial charge in [0.05, 0.1) is 0 Å². The third-order valence-electron chi connectivity index (χ3n) is 1.38. The highest BCUT2D eigenvalue weighted by atomic mass is 15.5. The van der Waals surface area contributed by atoms with E-state index in [-0.39, 0.29) is 0 Å². The minimum Gasteiger partial charge on any atom is -0.287 e. The zero-order valence-corrected chi connectivity index (χ0v) is 7.23. The lowest BCUT2D eigenvalue weighted by molar-refractivity contribution is 0.344. The fourth-order valence-electron chi connectivity index (χ4n) is 0.797. The van der Waals surface area contributed by atoms with Crippen LogP contribution in [-0.2, 0) is 0 Å². The molecule has 0 saturated heterocycles. The fraction of sp³-hybridized carbons (Fsp3) is 0.500. The molecule has 0 unspecified atom stereocenters. The predicted octanol–water partition coefficient (Wildman–Crippen LogP) is 1.88. The highest BCUT2D eigenvalue weighted by Gasteiger charge is 1.99. The molecule has 0 heterocycles. The van der Waals surface area contributed by atoms with Crippen LogP contribution in [0.15, 0.2) is 24.0 Å². The van der Waals surface area contributed by atoms with Crippen LogP contribution in [0.1, 0.15) is 20.8 Å². The SMILES string of the molecule is C=C(C)N(NC)/C(C)=C\C. The van der Waals surface area contributed by atoms with Crippen molar-refractivity contribution in [1.82, 2.24) is 10.4 Å². The van der Waals surface area contributed by atoms with E-state index in [0.717, 1.165) is 11.4 Å². The summed E-state index contributed by atoms with van der Waals surface area (Å²) < 4.78 is 0. The van der Waals surface area contributed by atoms with Gasteiger partial charge in [-0.2, -0.15) is 0 Å². The Bertz CT molecular complexity index is 147. The molecular weight excluding hydrogens is 124 g/mol. The average Bonchev–Trinajstić information content (AvgIpc) is 1.88. The first-order valence-electron chi connectivity index (χ1n) is 3.39. The van der Waals surface area contributed by atoms with Crippen LogP contribution in [0.4, 0.5) is 0 Å². The summed E-state index contributed by atoms with van der Waals surface area (Å²) in [6.07, 6.45) is 2.03. The van der Waals surface area contributed by atoms with Crippen LogP contribution in [0.2, 0.25) is 0 Å². The van der Waals surface area contributed by atoms with Crippen molar-refractivity contribution >= 4 is 0 Å². The first-order chi connectivity index (χ1) is 4.63. The monoisotopic (exact) mass is 140 g/mol. The van der Waals surface area contributed by atoms with Gasteiger partial charge >= 0.3 is 0 Å². The van der Waals surface area contributed by atoms with E-state index in [0.29, 0.717) is 0 Å². The van der Waals surface area contributed by atoms with E-state index in [9.17, 15) is 0 Å². The highest BCUT2D eigenvalue weighted by molar-refractivity contribution is 5.03. The van der Waals surface area contributed by atoms with E-state index >= 15 is 0 Å². The summed E-state index contributed by atoms with van der Waals surface area (Å²) in [6, 6.07) is 0. The summed E-state index contributed by atoms with van der Waals surface area (Å²) >= 11 is 0. The standard InChI is InChI=1S/C8H16N2/c1-6-8(4)10(9-5)7(2)3/h6,9H,2H2,1,3-5H3/b8-6-. The van der Waals surface area contributed by atoms with Gasteiger partial charge in [-0.1, -0.05) is 12.7 Å². The molecule has 1 N–H and O–H groups in total. The van der Waals surface area contributed by atoms with E-state index in [4.69, 9.17) is 0 Å². The van der Waals surface area contributed by atoms with E-state index in [1.54, 1.807) is 0 Å². The minimum absolute atomic E-state index is 0.998.